The molecular weight excluding hydrogens is 462 g/mol. The molecular formula is C23H20ClN5O3S. The summed E-state index contributed by atoms with van der Waals surface area (Å²) in [4.78, 5) is 25.0. The van der Waals surface area contributed by atoms with Crippen LogP contribution in [0, 0.1) is 5.92 Å². The van der Waals surface area contributed by atoms with Crippen LogP contribution in [0.1, 0.15) is 13.8 Å². The number of carboxylic acids is 1. The molecule has 0 aliphatic carbocycles. The lowest BCUT2D eigenvalue weighted by Crippen LogP contribution is -2.26. The fraction of sp³-hybridized carbons (Fsp3) is 0.174. The molecule has 10 heteroatoms. The number of para-hydroxylation sites is 1. The predicted octanol–water partition coefficient (Wildman–Crippen LogP) is 4.72. The molecule has 1 aromatic heterocycles. The summed E-state index contributed by atoms with van der Waals surface area (Å²) < 4.78 is 1.82. The third kappa shape index (κ3) is 4.69. The van der Waals surface area contributed by atoms with E-state index in [-0.39, 0.29) is 10.8 Å². The first kappa shape index (κ1) is 22.8. The van der Waals surface area contributed by atoms with Crippen molar-refractivity contribution >= 4 is 46.6 Å². The van der Waals surface area contributed by atoms with Gasteiger partial charge >= 0.3 is 5.97 Å². The second-order valence-corrected chi connectivity index (χ2v) is 8.65. The van der Waals surface area contributed by atoms with Gasteiger partial charge in [-0.25, -0.2) is 4.79 Å². The predicted molar refractivity (Wildman–Crippen MR) is 128 cm³/mol. The molecule has 0 fully saturated rings. The molecule has 1 N–H and O–H groups in total. The van der Waals surface area contributed by atoms with Crippen LogP contribution >= 0.6 is 23.4 Å². The van der Waals surface area contributed by atoms with Gasteiger partial charge < -0.3 is 9.67 Å². The van der Waals surface area contributed by atoms with Gasteiger partial charge in [0.05, 0.1) is 22.2 Å². The van der Waals surface area contributed by atoms with Crippen molar-refractivity contribution in [1.82, 2.24) is 14.8 Å². The highest BCUT2D eigenvalue weighted by atomic mass is 35.5. The first-order chi connectivity index (χ1) is 15.9. The van der Waals surface area contributed by atoms with Crippen LogP contribution < -0.4 is 5.01 Å². The number of carboxylic acid groups (broad SMARTS) is 1. The van der Waals surface area contributed by atoms with Gasteiger partial charge in [0.25, 0.3) is 5.91 Å². The van der Waals surface area contributed by atoms with Gasteiger partial charge in [-0.3, -0.25) is 4.79 Å². The number of hydrogen-bond acceptors (Lipinski definition) is 6. The van der Waals surface area contributed by atoms with E-state index in [4.69, 9.17) is 11.6 Å². The van der Waals surface area contributed by atoms with Gasteiger partial charge in [-0.1, -0.05) is 29.8 Å². The standard InChI is InChI=1S/C23H20ClN5O3S/c1-3-28-20(15-9-11-16(24)12-10-15)25-26-23(28)33-19(22(31)32)13-18-14(2)27-29(21(18)30)17-7-5-4-6-8-17/h4-13,18H,3H2,1-2H3,(H,31,32)/b19-13+/t18-/m0/s1. The molecule has 0 unspecified atom stereocenters. The summed E-state index contributed by atoms with van der Waals surface area (Å²) in [5.74, 6) is -1.64. The summed E-state index contributed by atoms with van der Waals surface area (Å²) in [6.07, 6.45) is 1.42. The van der Waals surface area contributed by atoms with Crippen LogP contribution in [-0.4, -0.2) is 37.5 Å². The number of thioether (sulfide) groups is 1. The number of rotatable bonds is 7. The van der Waals surface area contributed by atoms with Gasteiger partial charge in [-0.2, -0.15) is 10.1 Å². The summed E-state index contributed by atoms with van der Waals surface area (Å²) in [6.45, 7) is 4.16. The Labute approximate surface area is 199 Å². The smallest absolute Gasteiger partial charge is 0.342 e. The summed E-state index contributed by atoms with van der Waals surface area (Å²) in [5, 5.41) is 24.9. The van der Waals surface area contributed by atoms with Crippen molar-refractivity contribution in [2.75, 3.05) is 5.01 Å². The number of amides is 1. The molecule has 2 aromatic carbocycles. The minimum Gasteiger partial charge on any atom is -0.477 e. The maximum absolute atomic E-state index is 13.0. The fourth-order valence-electron chi connectivity index (χ4n) is 3.39. The van der Waals surface area contributed by atoms with Crippen LogP contribution in [0.15, 0.2) is 75.8 Å². The Bertz CT molecular complexity index is 1250. The number of carbonyl (C=O) groups excluding carboxylic acids is 1. The van der Waals surface area contributed by atoms with Crippen LogP contribution in [0.5, 0.6) is 0 Å². The first-order valence-electron chi connectivity index (χ1n) is 10.1. The molecule has 2 heterocycles. The molecule has 4 rings (SSSR count). The minimum absolute atomic E-state index is 0.0254. The van der Waals surface area contributed by atoms with Crippen molar-refractivity contribution in [1.29, 1.82) is 0 Å². The number of halogens is 1. The number of nitrogens with zero attached hydrogens (tertiary/aromatic N) is 5. The van der Waals surface area contributed by atoms with Crippen molar-refractivity contribution in [3.05, 3.63) is 70.6 Å². The third-order valence-electron chi connectivity index (χ3n) is 5.05. The zero-order valence-corrected chi connectivity index (χ0v) is 19.4. The number of benzene rings is 2. The third-order valence-corrected chi connectivity index (χ3v) is 6.32. The Morgan fingerprint density at radius 2 is 1.85 bits per heavy atom. The Hall–Kier alpha value is -3.43. The highest BCUT2D eigenvalue weighted by molar-refractivity contribution is 8.03. The van der Waals surface area contributed by atoms with E-state index in [0.717, 1.165) is 17.3 Å². The summed E-state index contributed by atoms with van der Waals surface area (Å²) in [5.41, 5.74) is 1.96. The molecule has 1 aliphatic heterocycles. The molecule has 0 spiro atoms. The second kappa shape index (κ2) is 9.60. The molecule has 1 amide bonds. The number of hydrazone groups is 1. The average Bonchev–Trinajstić information content (AvgIpc) is 3.35. The van der Waals surface area contributed by atoms with E-state index in [1.165, 1.54) is 11.1 Å². The Kier molecular flexibility index (Phi) is 6.62. The van der Waals surface area contributed by atoms with E-state index >= 15 is 0 Å². The molecule has 0 radical (unpaired) electrons. The van der Waals surface area contributed by atoms with E-state index < -0.39 is 11.9 Å². The van der Waals surface area contributed by atoms with Gasteiger partial charge in [0.1, 0.15) is 0 Å². The van der Waals surface area contributed by atoms with Gasteiger partial charge in [-0.05, 0) is 68.1 Å². The summed E-state index contributed by atoms with van der Waals surface area (Å²) in [7, 11) is 0. The zero-order chi connectivity index (χ0) is 23.5. The van der Waals surface area contributed by atoms with Crippen molar-refractivity contribution in [2.45, 2.75) is 25.5 Å². The minimum atomic E-state index is -1.16. The number of carbonyl (C=O) groups is 2. The number of aromatic nitrogens is 3. The fourth-order valence-corrected chi connectivity index (χ4v) is 4.41. The highest BCUT2D eigenvalue weighted by Crippen LogP contribution is 2.32. The van der Waals surface area contributed by atoms with Crippen LogP contribution in [0.2, 0.25) is 5.02 Å². The number of anilines is 1. The van der Waals surface area contributed by atoms with Gasteiger partial charge in [0, 0.05) is 17.1 Å². The molecule has 168 valence electrons. The zero-order valence-electron chi connectivity index (χ0n) is 17.8. The van der Waals surface area contributed by atoms with Crippen molar-refractivity contribution in [3.63, 3.8) is 0 Å². The molecule has 0 saturated carbocycles. The SMILES string of the molecule is CCn1c(S/C(=C/[C@@H]2C(=O)N(c3ccccc3)N=C2C)C(=O)O)nnc1-c1ccc(Cl)cc1. The molecule has 1 aliphatic rings. The average molecular weight is 482 g/mol. The molecule has 1 atom stereocenters. The van der Waals surface area contributed by atoms with E-state index in [1.54, 1.807) is 31.2 Å². The Balaban J connectivity index is 1.63. The number of aliphatic carboxylic acids is 1. The van der Waals surface area contributed by atoms with Crippen molar-refractivity contribution in [3.8, 4) is 11.4 Å². The summed E-state index contributed by atoms with van der Waals surface area (Å²) >= 11 is 6.93. The molecule has 0 saturated heterocycles. The molecule has 33 heavy (non-hydrogen) atoms. The lowest BCUT2D eigenvalue weighted by Gasteiger charge is -2.13. The summed E-state index contributed by atoms with van der Waals surface area (Å²) in [6, 6.07) is 16.2. The van der Waals surface area contributed by atoms with Crippen LogP contribution in [0.3, 0.4) is 0 Å². The van der Waals surface area contributed by atoms with Gasteiger partial charge in [-0.15, -0.1) is 10.2 Å². The van der Waals surface area contributed by atoms with E-state index in [9.17, 15) is 14.7 Å². The van der Waals surface area contributed by atoms with Gasteiger partial charge in [0.2, 0.25) is 0 Å². The van der Waals surface area contributed by atoms with Crippen LogP contribution in [-0.2, 0) is 16.1 Å². The largest absolute Gasteiger partial charge is 0.477 e. The van der Waals surface area contributed by atoms with Crippen LogP contribution in [0.4, 0.5) is 5.69 Å². The number of hydrogen-bond donors (Lipinski definition) is 1. The second-order valence-electron chi connectivity index (χ2n) is 7.20. The monoisotopic (exact) mass is 481 g/mol. The Morgan fingerprint density at radius 1 is 1.15 bits per heavy atom. The molecule has 0 bridgehead atoms. The van der Waals surface area contributed by atoms with E-state index in [1.807, 2.05) is 41.8 Å². The van der Waals surface area contributed by atoms with Gasteiger partial charge in [0.15, 0.2) is 11.0 Å². The quantitative estimate of drug-likeness (QED) is 0.387. The topological polar surface area (TPSA) is 101 Å². The van der Waals surface area contributed by atoms with Crippen LogP contribution in [0.25, 0.3) is 11.4 Å². The van der Waals surface area contributed by atoms with E-state index in [2.05, 4.69) is 15.3 Å². The maximum Gasteiger partial charge on any atom is 0.342 e. The van der Waals surface area contributed by atoms with Crippen molar-refractivity contribution in [2.24, 2.45) is 11.0 Å². The Morgan fingerprint density at radius 3 is 2.48 bits per heavy atom. The first-order valence-corrected chi connectivity index (χ1v) is 11.3. The maximum atomic E-state index is 13.0. The normalized spacial score (nSPS) is 16.3. The molecule has 3 aromatic rings. The van der Waals surface area contributed by atoms with E-state index in [0.29, 0.717) is 33.9 Å². The highest BCUT2D eigenvalue weighted by Gasteiger charge is 2.34. The lowest BCUT2D eigenvalue weighted by molar-refractivity contribution is -0.131. The molecule has 8 nitrogen and oxygen atoms in total. The van der Waals surface area contributed by atoms with Crippen molar-refractivity contribution < 1.29 is 14.7 Å². The lowest BCUT2D eigenvalue weighted by atomic mass is 10.0.